The zero-order valence-corrected chi connectivity index (χ0v) is 14.8. The van der Waals surface area contributed by atoms with E-state index in [1.54, 1.807) is 17.0 Å². The van der Waals surface area contributed by atoms with Crippen molar-refractivity contribution in [2.24, 2.45) is 0 Å². The molecule has 7 nitrogen and oxygen atoms in total. The Bertz CT molecular complexity index is 936. The average molecular weight is 389 g/mol. The number of hydrogen-bond acceptors (Lipinski definition) is 5. The first-order chi connectivity index (χ1) is 13.5. The molecule has 9 heteroatoms. The van der Waals surface area contributed by atoms with Crippen LogP contribution in [0.3, 0.4) is 0 Å². The molecule has 0 saturated carbocycles. The maximum absolute atomic E-state index is 14.7. The van der Waals surface area contributed by atoms with Crippen LogP contribution < -0.4 is 9.80 Å². The number of hydrogen-bond donors (Lipinski definition) is 1. The summed E-state index contributed by atoms with van der Waals surface area (Å²) in [5, 5.41) is 9.08. The Morgan fingerprint density at radius 2 is 1.96 bits per heavy atom. The molecule has 0 aliphatic carbocycles. The van der Waals surface area contributed by atoms with Crippen LogP contribution in [0.1, 0.15) is 12.8 Å². The first kappa shape index (κ1) is 18.3. The third-order valence-corrected chi connectivity index (χ3v) is 4.84. The zero-order valence-electron chi connectivity index (χ0n) is 14.8. The number of nitrogens with zero attached hydrogens (tertiary/aromatic N) is 3. The van der Waals surface area contributed by atoms with Crippen LogP contribution in [0.4, 0.5) is 25.1 Å². The third kappa shape index (κ3) is 3.07. The Balaban J connectivity index is 1.62. The maximum atomic E-state index is 14.7. The van der Waals surface area contributed by atoms with Crippen LogP contribution >= 0.6 is 0 Å². The molecule has 1 atom stereocenters. The Kier molecular flexibility index (Phi) is 4.68. The van der Waals surface area contributed by atoms with E-state index in [4.69, 9.17) is 9.84 Å². The number of aliphatic hydroxyl groups excluding tert-OH is 1. The lowest BCUT2D eigenvalue weighted by molar-refractivity contribution is -0.117. The van der Waals surface area contributed by atoms with E-state index in [9.17, 15) is 18.4 Å². The van der Waals surface area contributed by atoms with Gasteiger partial charge in [-0.05, 0) is 30.7 Å². The Labute approximate surface area is 159 Å². The lowest BCUT2D eigenvalue weighted by Crippen LogP contribution is -2.26. The van der Waals surface area contributed by atoms with E-state index >= 15 is 0 Å². The van der Waals surface area contributed by atoms with Crippen molar-refractivity contribution in [2.45, 2.75) is 18.9 Å². The summed E-state index contributed by atoms with van der Waals surface area (Å²) in [6.07, 6.45) is 0.997. The number of halogens is 2. The number of carbonyl (C=O) groups excluding carboxylic acids is 2. The topological polar surface area (TPSA) is 83.0 Å². The van der Waals surface area contributed by atoms with Crippen LogP contribution in [0.2, 0.25) is 0 Å². The second kappa shape index (κ2) is 7.16. The summed E-state index contributed by atoms with van der Waals surface area (Å²) in [6, 6.07) is 5.79. The average Bonchev–Trinajstić information content (AvgIpc) is 3.29. The second-order valence-electron chi connectivity index (χ2n) is 6.61. The van der Waals surface area contributed by atoms with Crippen LogP contribution in [0.15, 0.2) is 30.5 Å². The number of pyridine rings is 1. The van der Waals surface area contributed by atoms with Crippen LogP contribution in [-0.2, 0) is 9.53 Å². The summed E-state index contributed by atoms with van der Waals surface area (Å²) in [4.78, 5) is 30.3. The van der Waals surface area contributed by atoms with Crippen molar-refractivity contribution in [3.63, 3.8) is 0 Å². The van der Waals surface area contributed by atoms with Gasteiger partial charge >= 0.3 is 6.09 Å². The normalized spacial score (nSPS) is 19.5. The number of rotatable bonds is 4. The molecular weight excluding hydrogens is 372 g/mol. The van der Waals surface area contributed by atoms with Gasteiger partial charge in [0.1, 0.15) is 11.9 Å². The minimum Gasteiger partial charge on any atom is -0.441 e. The summed E-state index contributed by atoms with van der Waals surface area (Å²) >= 11 is 0. The number of amides is 2. The number of aromatic nitrogens is 1. The molecule has 0 bridgehead atoms. The molecule has 0 spiro atoms. The molecule has 4 rings (SSSR count). The highest BCUT2D eigenvalue weighted by molar-refractivity contribution is 5.94. The zero-order chi connectivity index (χ0) is 19.8. The van der Waals surface area contributed by atoms with Crippen molar-refractivity contribution in [2.75, 3.05) is 29.5 Å². The molecule has 28 heavy (non-hydrogen) atoms. The third-order valence-electron chi connectivity index (χ3n) is 4.84. The maximum Gasteiger partial charge on any atom is 0.414 e. The molecule has 2 aliphatic rings. The van der Waals surface area contributed by atoms with Crippen LogP contribution in [0.5, 0.6) is 0 Å². The van der Waals surface area contributed by atoms with E-state index in [1.807, 2.05) is 0 Å². The number of ether oxygens (including phenoxy) is 1. The van der Waals surface area contributed by atoms with Gasteiger partial charge in [0.2, 0.25) is 5.91 Å². The SMILES string of the molecule is O=C1CCCN1c1ccc(-c2ccc(N3CC(CO)OC3=O)c(F)c2F)cn1. The molecule has 2 amide bonds. The van der Waals surface area contributed by atoms with Gasteiger partial charge < -0.3 is 9.84 Å². The van der Waals surface area contributed by atoms with Gasteiger partial charge in [0.25, 0.3) is 0 Å². The number of aliphatic hydroxyl groups is 1. The largest absolute Gasteiger partial charge is 0.441 e. The second-order valence-corrected chi connectivity index (χ2v) is 6.61. The first-order valence-corrected chi connectivity index (χ1v) is 8.83. The molecule has 2 aromatic rings. The van der Waals surface area contributed by atoms with Crippen molar-refractivity contribution in [1.82, 2.24) is 4.98 Å². The summed E-state index contributed by atoms with van der Waals surface area (Å²) in [5.74, 6) is -1.85. The van der Waals surface area contributed by atoms with E-state index in [0.717, 1.165) is 11.3 Å². The summed E-state index contributed by atoms with van der Waals surface area (Å²) in [6.45, 7) is 0.122. The minimum absolute atomic E-state index is 0.0134. The number of carbonyl (C=O) groups is 2. The molecular formula is C19H17F2N3O4. The lowest BCUT2D eigenvalue weighted by Gasteiger charge is -2.17. The van der Waals surface area contributed by atoms with Gasteiger partial charge in [-0.1, -0.05) is 0 Å². The Morgan fingerprint density at radius 3 is 2.57 bits per heavy atom. The highest BCUT2D eigenvalue weighted by Crippen LogP contribution is 2.33. The number of anilines is 2. The predicted octanol–water partition coefficient (Wildman–Crippen LogP) is 2.47. The number of benzene rings is 1. The fourth-order valence-corrected chi connectivity index (χ4v) is 3.38. The molecule has 0 radical (unpaired) electrons. The molecule has 1 unspecified atom stereocenters. The van der Waals surface area contributed by atoms with Crippen LogP contribution in [-0.4, -0.2) is 47.9 Å². The molecule has 1 aromatic carbocycles. The van der Waals surface area contributed by atoms with E-state index in [0.29, 0.717) is 24.3 Å². The predicted molar refractivity (Wildman–Crippen MR) is 95.9 cm³/mol. The van der Waals surface area contributed by atoms with Crippen molar-refractivity contribution in [1.29, 1.82) is 0 Å². The van der Waals surface area contributed by atoms with E-state index in [1.165, 1.54) is 18.3 Å². The number of cyclic esters (lactones) is 1. The van der Waals surface area contributed by atoms with Gasteiger partial charge in [0.15, 0.2) is 11.6 Å². The highest BCUT2D eigenvalue weighted by Gasteiger charge is 2.34. The lowest BCUT2D eigenvalue weighted by atomic mass is 10.1. The molecule has 1 aromatic heterocycles. The van der Waals surface area contributed by atoms with Crippen LogP contribution in [0.25, 0.3) is 11.1 Å². The summed E-state index contributed by atoms with van der Waals surface area (Å²) in [7, 11) is 0. The quantitative estimate of drug-likeness (QED) is 0.869. The highest BCUT2D eigenvalue weighted by atomic mass is 19.2. The van der Waals surface area contributed by atoms with E-state index in [-0.39, 0.29) is 23.7 Å². The molecule has 2 fully saturated rings. The van der Waals surface area contributed by atoms with Crippen LogP contribution in [0, 0.1) is 11.6 Å². The monoisotopic (exact) mass is 389 g/mol. The molecule has 2 saturated heterocycles. The first-order valence-electron chi connectivity index (χ1n) is 8.83. The molecule has 2 aliphatic heterocycles. The minimum atomic E-state index is -1.19. The Hall–Kier alpha value is -3.07. The standard InChI is InChI=1S/C19H17F2N3O4/c20-17-13(11-3-6-15(22-8-11)23-7-1-2-16(23)26)4-5-14(18(17)21)24-9-12(10-25)28-19(24)27/h3-6,8,12,25H,1-2,7,9-10H2. The van der Waals surface area contributed by atoms with Gasteiger partial charge in [-0.2, -0.15) is 0 Å². The van der Waals surface area contributed by atoms with Crippen molar-refractivity contribution in [3.05, 3.63) is 42.1 Å². The van der Waals surface area contributed by atoms with E-state index in [2.05, 4.69) is 4.98 Å². The smallest absolute Gasteiger partial charge is 0.414 e. The Morgan fingerprint density at radius 1 is 1.14 bits per heavy atom. The van der Waals surface area contributed by atoms with Crippen molar-refractivity contribution < 1.29 is 28.2 Å². The molecule has 146 valence electrons. The molecule has 3 heterocycles. The van der Waals surface area contributed by atoms with E-state index < -0.39 is 30.4 Å². The van der Waals surface area contributed by atoms with Gasteiger partial charge in [-0.25, -0.2) is 18.6 Å². The fraction of sp³-hybridized carbons (Fsp3) is 0.316. The van der Waals surface area contributed by atoms with Gasteiger partial charge in [0.05, 0.1) is 18.8 Å². The fourth-order valence-electron chi connectivity index (χ4n) is 3.38. The summed E-state index contributed by atoms with van der Waals surface area (Å²) < 4.78 is 34.2. The molecule has 1 N–H and O–H groups in total. The van der Waals surface area contributed by atoms with Gasteiger partial charge in [0, 0.05) is 30.3 Å². The van der Waals surface area contributed by atoms with Crippen molar-refractivity contribution >= 4 is 23.5 Å². The summed E-state index contributed by atoms with van der Waals surface area (Å²) in [5.41, 5.74) is 0.0735. The van der Waals surface area contributed by atoms with Gasteiger partial charge in [-0.15, -0.1) is 0 Å². The van der Waals surface area contributed by atoms with Crippen molar-refractivity contribution in [3.8, 4) is 11.1 Å². The van der Waals surface area contributed by atoms with Gasteiger partial charge in [-0.3, -0.25) is 14.6 Å².